The van der Waals surface area contributed by atoms with Crippen molar-refractivity contribution < 1.29 is 23.5 Å². The standard InChI is InChI=1S/C25H24FNO4/c1-16(2)24(25(30)31-15-22(28)20-12-5-6-13-21(20)26)27-23(29)14-18-10-7-9-17-8-3-4-11-19(17)18/h3-13,16,24H,14-15H2,1-2H3,(H,27,29)/t24-/m0/s1. The zero-order chi connectivity index (χ0) is 22.4. The largest absolute Gasteiger partial charge is 0.456 e. The highest BCUT2D eigenvalue weighted by Crippen LogP contribution is 2.19. The van der Waals surface area contributed by atoms with Crippen molar-refractivity contribution in [2.24, 2.45) is 5.92 Å². The quantitative estimate of drug-likeness (QED) is 0.439. The first-order valence-corrected chi connectivity index (χ1v) is 10.1. The summed E-state index contributed by atoms with van der Waals surface area (Å²) in [4.78, 5) is 37.3. The Morgan fingerprint density at radius 1 is 0.935 bits per heavy atom. The van der Waals surface area contributed by atoms with Crippen LogP contribution in [-0.2, 0) is 20.7 Å². The molecule has 3 aromatic carbocycles. The lowest BCUT2D eigenvalue weighted by molar-refractivity contribution is -0.148. The van der Waals surface area contributed by atoms with Gasteiger partial charge < -0.3 is 10.1 Å². The first-order valence-electron chi connectivity index (χ1n) is 10.1. The summed E-state index contributed by atoms with van der Waals surface area (Å²) in [6.07, 6.45) is 0.103. The average molecular weight is 421 g/mol. The molecule has 0 aliphatic heterocycles. The minimum absolute atomic E-state index is 0.103. The van der Waals surface area contributed by atoms with Gasteiger partial charge in [0.25, 0.3) is 0 Å². The van der Waals surface area contributed by atoms with Crippen LogP contribution in [0.2, 0.25) is 0 Å². The maximum Gasteiger partial charge on any atom is 0.329 e. The zero-order valence-corrected chi connectivity index (χ0v) is 17.4. The maximum absolute atomic E-state index is 13.7. The van der Waals surface area contributed by atoms with Crippen molar-refractivity contribution in [1.82, 2.24) is 5.32 Å². The second-order valence-electron chi connectivity index (χ2n) is 7.61. The first-order chi connectivity index (χ1) is 14.9. The molecule has 0 radical (unpaired) electrons. The van der Waals surface area contributed by atoms with E-state index in [9.17, 15) is 18.8 Å². The minimum Gasteiger partial charge on any atom is -0.456 e. The lowest BCUT2D eigenvalue weighted by Gasteiger charge is -2.21. The molecule has 0 unspecified atom stereocenters. The highest BCUT2D eigenvalue weighted by atomic mass is 19.1. The van der Waals surface area contributed by atoms with Crippen LogP contribution in [0.25, 0.3) is 10.8 Å². The number of ketones is 1. The Balaban J connectivity index is 1.63. The Labute approximate surface area is 180 Å². The van der Waals surface area contributed by atoms with Crippen LogP contribution in [0.15, 0.2) is 66.7 Å². The van der Waals surface area contributed by atoms with E-state index in [1.54, 1.807) is 13.8 Å². The number of hydrogen-bond acceptors (Lipinski definition) is 4. The Bertz CT molecular complexity index is 1100. The molecule has 1 amide bonds. The van der Waals surface area contributed by atoms with Gasteiger partial charge in [-0.25, -0.2) is 9.18 Å². The number of Topliss-reactive ketones (excluding diaryl/α,β-unsaturated/α-hetero) is 1. The van der Waals surface area contributed by atoms with E-state index < -0.39 is 30.2 Å². The summed E-state index contributed by atoms with van der Waals surface area (Å²) in [5.41, 5.74) is 0.706. The fourth-order valence-corrected chi connectivity index (χ4v) is 3.33. The molecule has 160 valence electrons. The molecule has 0 aromatic heterocycles. The average Bonchev–Trinajstić information content (AvgIpc) is 2.76. The van der Waals surface area contributed by atoms with Crippen LogP contribution in [0.1, 0.15) is 29.8 Å². The maximum atomic E-state index is 13.7. The number of fused-ring (bicyclic) bond motifs is 1. The van der Waals surface area contributed by atoms with Crippen LogP contribution in [0.3, 0.4) is 0 Å². The number of benzene rings is 3. The molecule has 1 atom stereocenters. The predicted octanol–water partition coefficient (Wildman–Crippen LogP) is 4.09. The van der Waals surface area contributed by atoms with Gasteiger partial charge in [0.2, 0.25) is 11.7 Å². The summed E-state index contributed by atoms with van der Waals surface area (Å²) < 4.78 is 18.8. The number of hydrogen-bond donors (Lipinski definition) is 1. The number of halogens is 1. The third-order valence-corrected chi connectivity index (χ3v) is 4.99. The third kappa shape index (κ3) is 5.54. The minimum atomic E-state index is -0.920. The number of esters is 1. The van der Waals surface area contributed by atoms with E-state index in [2.05, 4.69) is 5.32 Å². The van der Waals surface area contributed by atoms with Crippen molar-refractivity contribution in [1.29, 1.82) is 0 Å². The molecule has 0 saturated heterocycles. The van der Waals surface area contributed by atoms with Gasteiger partial charge in [-0.1, -0.05) is 68.4 Å². The van der Waals surface area contributed by atoms with Crippen LogP contribution in [0.5, 0.6) is 0 Å². The molecule has 0 saturated carbocycles. The van der Waals surface area contributed by atoms with Crippen molar-refractivity contribution in [2.45, 2.75) is 26.3 Å². The van der Waals surface area contributed by atoms with E-state index in [1.807, 2.05) is 42.5 Å². The smallest absolute Gasteiger partial charge is 0.329 e. The number of carbonyl (C=O) groups excluding carboxylic acids is 3. The van der Waals surface area contributed by atoms with Gasteiger partial charge in [0, 0.05) is 0 Å². The lowest BCUT2D eigenvalue weighted by Crippen LogP contribution is -2.46. The number of rotatable bonds is 8. The third-order valence-electron chi connectivity index (χ3n) is 4.99. The highest BCUT2D eigenvalue weighted by molar-refractivity contribution is 5.98. The molecule has 3 rings (SSSR count). The van der Waals surface area contributed by atoms with Crippen molar-refractivity contribution in [3.63, 3.8) is 0 Å². The van der Waals surface area contributed by atoms with E-state index in [0.29, 0.717) is 0 Å². The van der Waals surface area contributed by atoms with Gasteiger partial charge in [0.1, 0.15) is 11.9 Å². The second kappa shape index (κ2) is 9.98. The monoisotopic (exact) mass is 421 g/mol. The molecule has 0 fully saturated rings. The SMILES string of the molecule is CC(C)[C@H](NC(=O)Cc1cccc2ccccc12)C(=O)OCC(=O)c1ccccc1F. The molecule has 0 aliphatic carbocycles. The zero-order valence-electron chi connectivity index (χ0n) is 17.4. The predicted molar refractivity (Wildman–Crippen MR) is 116 cm³/mol. The molecule has 1 N–H and O–H groups in total. The van der Waals surface area contributed by atoms with Gasteiger partial charge in [0.15, 0.2) is 6.61 Å². The lowest BCUT2D eigenvalue weighted by atomic mass is 10.0. The first kappa shape index (κ1) is 22.2. The second-order valence-corrected chi connectivity index (χ2v) is 7.61. The molecule has 0 heterocycles. The summed E-state index contributed by atoms with van der Waals surface area (Å²) >= 11 is 0. The Morgan fingerprint density at radius 3 is 2.35 bits per heavy atom. The number of amides is 1. The molecule has 31 heavy (non-hydrogen) atoms. The number of nitrogens with one attached hydrogen (secondary N) is 1. The highest BCUT2D eigenvalue weighted by Gasteiger charge is 2.27. The van der Waals surface area contributed by atoms with Gasteiger partial charge in [-0.05, 0) is 34.4 Å². The number of carbonyl (C=O) groups is 3. The molecular weight excluding hydrogens is 397 g/mol. The molecule has 0 aliphatic rings. The molecular formula is C25H24FNO4. The van der Waals surface area contributed by atoms with Crippen molar-refractivity contribution >= 4 is 28.4 Å². The normalized spacial score (nSPS) is 11.9. The number of ether oxygens (including phenoxy) is 1. The fraction of sp³-hybridized carbons (Fsp3) is 0.240. The van der Waals surface area contributed by atoms with Crippen molar-refractivity contribution in [2.75, 3.05) is 6.61 Å². The van der Waals surface area contributed by atoms with E-state index in [-0.39, 0.29) is 23.8 Å². The fourth-order valence-electron chi connectivity index (χ4n) is 3.33. The molecule has 6 heteroatoms. The van der Waals surface area contributed by atoms with Crippen LogP contribution in [0.4, 0.5) is 4.39 Å². The van der Waals surface area contributed by atoms with Crippen molar-refractivity contribution in [3.8, 4) is 0 Å². The Kier molecular flexibility index (Phi) is 7.13. The van der Waals surface area contributed by atoms with E-state index in [0.717, 1.165) is 16.3 Å². The van der Waals surface area contributed by atoms with Crippen LogP contribution >= 0.6 is 0 Å². The van der Waals surface area contributed by atoms with Gasteiger partial charge in [-0.15, -0.1) is 0 Å². The molecule has 5 nitrogen and oxygen atoms in total. The van der Waals surface area contributed by atoms with Gasteiger partial charge in [-0.2, -0.15) is 0 Å². The summed E-state index contributed by atoms with van der Waals surface area (Å²) in [5.74, 6) is -2.63. The van der Waals surface area contributed by atoms with Crippen LogP contribution in [-0.4, -0.2) is 30.3 Å². The Morgan fingerprint density at radius 2 is 1.61 bits per heavy atom. The summed E-state index contributed by atoms with van der Waals surface area (Å²) in [6.45, 7) is 2.94. The van der Waals surface area contributed by atoms with Gasteiger partial charge >= 0.3 is 5.97 Å². The van der Waals surface area contributed by atoms with Crippen LogP contribution < -0.4 is 5.32 Å². The molecule has 0 spiro atoms. The topological polar surface area (TPSA) is 72.5 Å². The van der Waals surface area contributed by atoms with Crippen molar-refractivity contribution in [3.05, 3.63) is 83.7 Å². The van der Waals surface area contributed by atoms with Crippen LogP contribution in [0, 0.1) is 11.7 Å². The summed E-state index contributed by atoms with van der Waals surface area (Å²) in [7, 11) is 0. The van der Waals surface area contributed by atoms with E-state index in [4.69, 9.17) is 4.74 Å². The molecule has 3 aromatic rings. The van der Waals surface area contributed by atoms with Gasteiger partial charge in [0.05, 0.1) is 12.0 Å². The Hall–Kier alpha value is -3.54. The van der Waals surface area contributed by atoms with Gasteiger partial charge in [-0.3, -0.25) is 9.59 Å². The van der Waals surface area contributed by atoms with E-state index in [1.165, 1.54) is 24.3 Å². The molecule has 0 bridgehead atoms. The summed E-state index contributed by atoms with van der Waals surface area (Å²) in [6, 6.07) is 18.1. The summed E-state index contributed by atoms with van der Waals surface area (Å²) in [5, 5.41) is 4.70. The van der Waals surface area contributed by atoms with E-state index >= 15 is 0 Å².